The zero-order valence-corrected chi connectivity index (χ0v) is 8.38. The average Bonchev–Trinajstić information content (AvgIpc) is 2.14. The molecule has 0 rings (SSSR count). The molecule has 0 aromatic rings. The number of amides is 1. The highest BCUT2D eigenvalue weighted by atomic mass is 16.2. The molecule has 0 saturated carbocycles. The van der Waals surface area contributed by atoms with E-state index in [1.165, 1.54) is 6.92 Å². The van der Waals surface area contributed by atoms with Crippen molar-refractivity contribution in [1.29, 1.82) is 0 Å². The molecule has 0 aliphatic rings. The molecule has 0 bridgehead atoms. The number of rotatable bonds is 6. The van der Waals surface area contributed by atoms with Gasteiger partial charge < -0.3 is 5.32 Å². The summed E-state index contributed by atoms with van der Waals surface area (Å²) in [6, 6.07) is 0. The first-order chi connectivity index (χ1) is 6.61. The fourth-order valence-electron chi connectivity index (χ4n) is 0.821. The molecule has 0 aromatic carbocycles. The van der Waals surface area contributed by atoms with E-state index >= 15 is 0 Å². The maximum absolute atomic E-state index is 11.0. The third-order valence-corrected chi connectivity index (χ3v) is 1.53. The molecular formula is C11H15NO2. The second-order valence-electron chi connectivity index (χ2n) is 2.77. The van der Waals surface area contributed by atoms with Gasteiger partial charge in [0.15, 0.2) is 0 Å². The van der Waals surface area contributed by atoms with Crippen molar-refractivity contribution in [2.24, 2.45) is 0 Å². The molecule has 0 fully saturated rings. The average molecular weight is 193 g/mol. The quantitative estimate of drug-likeness (QED) is 0.396. The molecule has 76 valence electrons. The van der Waals surface area contributed by atoms with Gasteiger partial charge in [-0.2, -0.15) is 0 Å². The zero-order chi connectivity index (χ0) is 11.0. The van der Waals surface area contributed by atoms with E-state index in [1.54, 1.807) is 18.2 Å². The van der Waals surface area contributed by atoms with Crippen LogP contribution >= 0.6 is 0 Å². The highest BCUT2D eigenvalue weighted by Crippen LogP contribution is 2.02. The molecule has 3 heteroatoms. The Kier molecular flexibility index (Phi) is 6.03. The first-order valence-corrected chi connectivity index (χ1v) is 4.36. The van der Waals surface area contributed by atoms with Gasteiger partial charge in [0, 0.05) is 12.6 Å². The molecule has 0 atom stereocenters. The lowest BCUT2D eigenvalue weighted by molar-refractivity contribution is -0.136. The summed E-state index contributed by atoms with van der Waals surface area (Å²) < 4.78 is 0. The Balaban J connectivity index is 4.30. The molecule has 1 amide bonds. The number of Topliss-reactive ketones (excluding diaryl/α,β-unsaturated/α-hetero) is 1. The maximum Gasteiger partial charge on any atom is 0.291 e. The topological polar surface area (TPSA) is 46.2 Å². The molecule has 0 spiro atoms. The van der Waals surface area contributed by atoms with Crippen molar-refractivity contribution in [3.63, 3.8) is 0 Å². The summed E-state index contributed by atoms with van der Waals surface area (Å²) in [6.45, 7) is 8.33. The van der Waals surface area contributed by atoms with Crippen LogP contribution in [0.2, 0.25) is 0 Å². The van der Waals surface area contributed by atoms with E-state index in [0.29, 0.717) is 12.1 Å². The lowest BCUT2D eigenvalue weighted by Crippen LogP contribution is -2.28. The molecule has 0 unspecified atom stereocenters. The van der Waals surface area contributed by atoms with Crippen LogP contribution < -0.4 is 5.32 Å². The van der Waals surface area contributed by atoms with Gasteiger partial charge in [-0.3, -0.25) is 9.59 Å². The lowest BCUT2D eigenvalue weighted by atomic mass is 10.2. The summed E-state index contributed by atoms with van der Waals surface area (Å²) in [5.41, 5.74) is 0.681. The molecular weight excluding hydrogens is 178 g/mol. The van der Waals surface area contributed by atoms with E-state index in [2.05, 4.69) is 18.5 Å². The molecule has 0 saturated heterocycles. The van der Waals surface area contributed by atoms with Crippen LogP contribution in [0.1, 0.15) is 19.8 Å². The SMILES string of the molecule is C=C/C=C(\CCC=C)NC(=O)C(C)=O. The van der Waals surface area contributed by atoms with E-state index in [1.807, 2.05) is 0 Å². The first-order valence-electron chi connectivity index (χ1n) is 4.36. The Morgan fingerprint density at radius 2 is 2.00 bits per heavy atom. The molecule has 0 aliphatic heterocycles. The van der Waals surface area contributed by atoms with Crippen LogP contribution in [0, 0.1) is 0 Å². The second-order valence-corrected chi connectivity index (χ2v) is 2.77. The van der Waals surface area contributed by atoms with Crippen LogP contribution in [-0.4, -0.2) is 11.7 Å². The van der Waals surface area contributed by atoms with Gasteiger partial charge in [-0.1, -0.05) is 18.7 Å². The third kappa shape index (κ3) is 5.09. The summed E-state index contributed by atoms with van der Waals surface area (Å²) in [5.74, 6) is -1.10. The minimum atomic E-state index is -0.595. The maximum atomic E-state index is 11.0. The van der Waals surface area contributed by atoms with E-state index in [-0.39, 0.29) is 0 Å². The number of allylic oxidation sites excluding steroid dienone is 4. The van der Waals surface area contributed by atoms with Gasteiger partial charge in [0.05, 0.1) is 0 Å². The van der Waals surface area contributed by atoms with Gasteiger partial charge in [-0.05, 0) is 18.9 Å². The van der Waals surface area contributed by atoms with Gasteiger partial charge in [-0.15, -0.1) is 6.58 Å². The largest absolute Gasteiger partial charge is 0.323 e. The standard InChI is InChI=1S/C11H15NO2/c1-4-6-8-10(7-5-2)12-11(14)9(3)13/h4-5,7H,1-2,6,8H2,3H3,(H,12,14)/b10-7+. The Labute approximate surface area is 84.2 Å². The van der Waals surface area contributed by atoms with Gasteiger partial charge in [-0.25, -0.2) is 0 Å². The summed E-state index contributed by atoms with van der Waals surface area (Å²) in [7, 11) is 0. The summed E-state index contributed by atoms with van der Waals surface area (Å²) in [4.78, 5) is 21.7. The lowest BCUT2D eigenvalue weighted by Gasteiger charge is -2.05. The van der Waals surface area contributed by atoms with Gasteiger partial charge >= 0.3 is 0 Å². The third-order valence-electron chi connectivity index (χ3n) is 1.53. The summed E-state index contributed by atoms with van der Waals surface area (Å²) in [5, 5.41) is 2.51. The van der Waals surface area contributed by atoms with Gasteiger partial charge in [0.2, 0.25) is 5.78 Å². The minimum Gasteiger partial charge on any atom is -0.323 e. The van der Waals surface area contributed by atoms with Crippen LogP contribution in [0.4, 0.5) is 0 Å². The molecule has 0 heterocycles. The summed E-state index contributed by atoms with van der Waals surface area (Å²) >= 11 is 0. The number of hydrogen-bond acceptors (Lipinski definition) is 2. The number of hydrogen-bond donors (Lipinski definition) is 1. The molecule has 3 nitrogen and oxygen atoms in total. The fraction of sp³-hybridized carbons (Fsp3) is 0.273. The Morgan fingerprint density at radius 3 is 2.43 bits per heavy atom. The van der Waals surface area contributed by atoms with Crippen LogP contribution in [0.5, 0.6) is 0 Å². The van der Waals surface area contributed by atoms with E-state index in [4.69, 9.17) is 0 Å². The van der Waals surface area contributed by atoms with E-state index in [0.717, 1.165) is 6.42 Å². The zero-order valence-electron chi connectivity index (χ0n) is 8.38. The van der Waals surface area contributed by atoms with Crippen molar-refractivity contribution in [3.05, 3.63) is 37.1 Å². The smallest absolute Gasteiger partial charge is 0.291 e. The van der Waals surface area contributed by atoms with Crippen molar-refractivity contribution in [1.82, 2.24) is 5.32 Å². The van der Waals surface area contributed by atoms with Crippen molar-refractivity contribution < 1.29 is 9.59 Å². The number of carbonyl (C=O) groups excluding carboxylic acids is 2. The molecule has 0 aromatic heterocycles. The highest BCUT2D eigenvalue weighted by Gasteiger charge is 2.07. The van der Waals surface area contributed by atoms with E-state index < -0.39 is 11.7 Å². The Morgan fingerprint density at radius 1 is 1.36 bits per heavy atom. The first kappa shape index (κ1) is 12.4. The molecule has 14 heavy (non-hydrogen) atoms. The predicted molar refractivity (Wildman–Crippen MR) is 56.5 cm³/mol. The van der Waals surface area contributed by atoms with Crippen molar-refractivity contribution in [2.75, 3.05) is 0 Å². The van der Waals surface area contributed by atoms with Crippen LogP contribution in [0.15, 0.2) is 37.1 Å². The minimum absolute atomic E-state index is 0.501. The molecule has 1 N–H and O–H groups in total. The Hall–Kier alpha value is -1.64. The highest BCUT2D eigenvalue weighted by molar-refractivity contribution is 6.35. The number of carbonyl (C=O) groups is 2. The van der Waals surface area contributed by atoms with E-state index in [9.17, 15) is 9.59 Å². The molecule has 0 radical (unpaired) electrons. The van der Waals surface area contributed by atoms with Gasteiger partial charge in [0.25, 0.3) is 5.91 Å². The van der Waals surface area contributed by atoms with Crippen molar-refractivity contribution >= 4 is 11.7 Å². The Bertz CT molecular complexity index is 277. The van der Waals surface area contributed by atoms with Crippen LogP contribution in [-0.2, 0) is 9.59 Å². The number of ketones is 1. The van der Waals surface area contributed by atoms with Gasteiger partial charge in [0.1, 0.15) is 0 Å². The van der Waals surface area contributed by atoms with Crippen molar-refractivity contribution in [3.8, 4) is 0 Å². The predicted octanol–water partition coefficient (Wildman–Crippen LogP) is 1.73. The van der Waals surface area contributed by atoms with Crippen LogP contribution in [0.25, 0.3) is 0 Å². The number of nitrogens with one attached hydrogen (secondary N) is 1. The van der Waals surface area contributed by atoms with Crippen LogP contribution in [0.3, 0.4) is 0 Å². The monoisotopic (exact) mass is 193 g/mol. The second kappa shape index (κ2) is 6.83. The normalized spacial score (nSPS) is 10.5. The van der Waals surface area contributed by atoms with Crippen molar-refractivity contribution in [2.45, 2.75) is 19.8 Å². The fourth-order valence-corrected chi connectivity index (χ4v) is 0.821. The molecule has 0 aliphatic carbocycles. The summed E-state index contributed by atoms with van der Waals surface area (Å²) in [6.07, 6.45) is 6.38.